The van der Waals surface area contributed by atoms with Gasteiger partial charge in [-0.15, -0.1) is 6.58 Å². The SMILES string of the molecule is C=CCn1c(C)cc(C(=O)COC(=O)[C@H](NS(=O)(=O)c2ccc(Cl)cc2)C(C)C)c1C. The molecule has 0 fully saturated rings. The van der Waals surface area contributed by atoms with Crippen LogP contribution in [0.15, 0.2) is 47.9 Å². The summed E-state index contributed by atoms with van der Waals surface area (Å²) in [7, 11) is -3.98. The van der Waals surface area contributed by atoms with Crippen molar-refractivity contribution < 1.29 is 22.7 Å². The number of rotatable bonds is 10. The molecule has 2 aromatic rings. The molecular formula is C22H27ClN2O5S. The van der Waals surface area contributed by atoms with Gasteiger partial charge in [-0.1, -0.05) is 31.5 Å². The molecule has 0 spiro atoms. The van der Waals surface area contributed by atoms with Gasteiger partial charge in [0.2, 0.25) is 15.8 Å². The number of Topliss-reactive ketones (excluding diaryl/α,β-unsaturated/α-hetero) is 1. The van der Waals surface area contributed by atoms with Crippen LogP contribution in [0.1, 0.15) is 35.6 Å². The maximum atomic E-state index is 12.6. The lowest BCUT2D eigenvalue weighted by Crippen LogP contribution is -2.45. The molecule has 0 aliphatic carbocycles. The van der Waals surface area contributed by atoms with Gasteiger partial charge in [-0.25, -0.2) is 8.42 Å². The lowest BCUT2D eigenvalue weighted by Gasteiger charge is -2.20. The molecule has 0 amide bonds. The van der Waals surface area contributed by atoms with Crippen LogP contribution in [0.2, 0.25) is 5.02 Å². The van der Waals surface area contributed by atoms with Gasteiger partial charge < -0.3 is 9.30 Å². The number of carbonyl (C=O) groups is 2. The number of benzene rings is 1. The number of ether oxygens (including phenoxy) is 1. The third-order valence-corrected chi connectivity index (χ3v) is 6.57. The molecule has 0 bridgehead atoms. The minimum Gasteiger partial charge on any atom is -0.456 e. The number of aryl methyl sites for hydroxylation is 1. The molecule has 1 aromatic carbocycles. The zero-order valence-corrected chi connectivity index (χ0v) is 19.6. The second-order valence-electron chi connectivity index (χ2n) is 7.51. The zero-order chi connectivity index (χ0) is 23.3. The molecule has 0 aliphatic heterocycles. The Morgan fingerprint density at radius 2 is 1.84 bits per heavy atom. The van der Waals surface area contributed by atoms with Crippen molar-refractivity contribution in [3.05, 3.63) is 65.0 Å². The van der Waals surface area contributed by atoms with Crippen molar-refractivity contribution in [2.75, 3.05) is 6.61 Å². The number of carbonyl (C=O) groups excluding carboxylic acids is 2. The number of ketones is 1. The largest absolute Gasteiger partial charge is 0.456 e. The molecule has 31 heavy (non-hydrogen) atoms. The second-order valence-corrected chi connectivity index (χ2v) is 9.66. The first-order valence-electron chi connectivity index (χ1n) is 9.73. The third-order valence-electron chi connectivity index (χ3n) is 4.86. The van der Waals surface area contributed by atoms with Crippen LogP contribution in [0, 0.1) is 19.8 Å². The van der Waals surface area contributed by atoms with Gasteiger partial charge in [0, 0.05) is 28.5 Å². The smallest absolute Gasteiger partial charge is 0.324 e. The molecule has 7 nitrogen and oxygen atoms in total. The molecule has 0 aliphatic rings. The van der Waals surface area contributed by atoms with Crippen molar-refractivity contribution in [2.45, 2.75) is 45.2 Å². The highest BCUT2D eigenvalue weighted by Gasteiger charge is 2.30. The summed E-state index contributed by atoms with van der Waals surface area (Å²) in [5.74, 6) is -1.58. The quantitative estimate of drug-likeness (QED) is 0.327. The van der Waals surface area contributed by atoms with Crippen LogP contribution in [0.4, 0.5) is 0 Å². The minimum absolute atomic E-state index is 0.0268. The van der Waals surface area contributed by atoms with Crippen LogP contribution in [-0.2, 0) is 26.1 Å². The molecule has 0 saturated carbocycles. The average Bonchev–Trinajstić information content (AvgIpc) is 2.99. The van der Waals surface area contributed by atoms with E-state index in [1.807, 2.05) is 18.4 Å². The number of sulfonamides is 1. The van der Waals surface area contributed by atoms with Crippen molar-refractivity contribution in [3.8, 4) is 0 Å². The fraction of sp³-hybridized carbons (Fsp3) is 0.364. The molecule has 0 unspecified atom stereocenters. The summed E-state index contributed by atoms with van der Waals surface area (Å²) in [5.41, 5.74) is 2.10. The van der Waals surface area contributed by atoms with Crippen molar-refractivity contribution in [1.29, 1.82) is 0 Å². The molecule has 0 saturated heterocycles. The van der Waals surface area contributed by atoms with Crippen molar-refractivity contribution in [2.24, 2.45) is 5.92 Å². The summed E-state index contributed by atoms with van der Waals surface area (Å²) in [5, 5.41) is 0.393. The van der Waals surface area contributed by atoms with Crippen LogP contribution >= 0.6 is 11.6 Å². The predicted octanol–water partition coefficient (Wildman–Crippen LogP) is 3.67. The minimum atomic E-state index is -3.98. The van der Waals surface area contributed by atoms with Gasteiger partial charge in [-0.05, 0) is 50.1 Å². The first kappa shape index (κ1) is 24.8. The molecule has 0 radical (unpaired) electrons. The fourth-order valence-corrected chi connectivity index (χ4v) is 4.56. The van der Waals surface area contributed by atoms with Crippen molar-refractivity contribution in [3.63, 3.8) is 0 Å². The highest BCUT2D eigenvalue weighted by Crippen LogP contribution is 2.18. The Kier molecular flexibility index (Phi) is 8.22. The second kappa shape index (κ2) is 10.3. The number of allylic oxidation sites excluding steroid dienone is 1. The van der Waals surface area contributed by atoms with Gasteiger partial charge in [0.05, 0.1) is 4.90 Å². The summed E-state index contributed by atoms with van der Waals surface area (Å²) in [6.45, 7) is 10.8. The number of hydrogen-bond donors (Lipinski definition) is 1. The normalized spacial score (nSPS) is 12.6. The highest BCUT2D eigenvalue weighted by molar-refractivity contribution is 7.89. The molecular weight excluding hydrogens is 440 g/mol. The van der Waals surface area contributed by atoms with Crippen molar-refractivity contribution in [1.82, 2.24) is 9.29 Å². The Morgan fingerprint density at radius 3 is 2.39 bits per heavy atom. The predicted molar refractivity (Wildman–Crippen MR) is 120 cm³/mol. The Balaban J connectivity index is 2.11. The van der Waals surface area contributed by atoms with E-state index in [1.54, 1.807) is 26.0 Å². The number of nitrogens with zero attached hydrogens (tertiary/aromatic N) is 1. The van der Waals surface area contributed by atoms with E-state index >= 15 is 0 Å². The van der Waals surface area contributed by atoms with E-state index < -0.39 is 34.6 Å². The molecule has 9 heteroatoms. The Hall–Kier alpha value is -2.42. The molecule has 1 N–H and O–H groups in total. The van der Waals surface area contributed by atoms with Crippen LogP contribution < -0.4 is 4.72 Å². The third kappa shape index (κ3) is 6.06. The van der Waals surface area contributed by atoms with E-state index in [0.29, 0.717) is 17.1 Å². The molecule has 1 aromatic heterocycles. The van der Waals surface area contributed by atoms with Gasteiger partial charge >= 0.3 is 5.97 Å². The van der Waals surface area contributed by atoms with Gasteiger partial charge in [0.15, 0.2) is 6.61 Å². The summed E-state index contributed by atoms with van der Waals surface area (Å²) in [4.78, 5) is 25.2. The van der Waals surface area contributed by atoms with Crippen LogP contribution in [0.5, 0.6) is 0 Å². The standard InChI is InChI=1S/C22H27ClN2O5S/c1-6-11-25-15(4)12-19(16(25)5)20(26)13-30-22(27)21(14(2)3)24-31(28,29)18-9-7-17(23)8-10-18/h6-10,12,14,21,24H,1,11,13H2,2-5H3/t21-/m1/s1. The van der Waals surface area contributed by atoms with E-state index in [1.165, 1.54) is 24.3 Å². The van der Waals surface area contributed by atoms with Gasteiger partial charge in [-0.3, -0.25) is 9.59 Å². The van der Waals surface area contributed by atoms with E-state index in [0.717, 1.165) is 11.4 Å². The lowest BCUT2D eigenvalue weighted by atomic mass is 10.1. The first-order chi connectivity index (χ1) is 14.5. The molecule has 1 atom stereocenters. The fourth-order valence-electron chi connectivity index (χ4n) is 3.10. The lowest BCUT2D eigenvalue weighted by molar-refractivity contribution is -0.145. The molecule has 168 valence electrons. The van der Waals surface area contributed by atoms with E-state index in [4.69, 9.17) is 16.3 Å². The average molecular weight is 467 g/mol. The maximum absolute atomic E-state index is 12.6. The maximum Gasteiger partial charge on any atom is 0.324 e. The first-order valence-corrected chi connectivity index (χ1v) is 11.6. The molecule has 2 rings (SSSR count). The van der Waals surface area contributed by atoms with Crippen LogP contribution in [0.3, 0.4) is 0 Å². The van der Waals surface area contributed by atoms with Crippen molar-refractivity contribution >= 4 is 33.4 Å². The Bertz CT molecular complexity index is 1070. The monoisotopic (exact) mass is 466 g/mol. The Labute approximate surface area is 188 Å². The van der Waals surface area contributed by atoms with E-state index in [2.05, 4.69) is 11.3 Å². The number of halogens is 1. The summed E-state index contributed by atoms with van der Waals surface area (Å²) >= 11 is 5.80. The number of esters is 1. The summed E-state index contributed by atoms with van der Waals surface area (Å²) < 4.78 is 34.7. The molecule has 1 heterocycles. The number of aromatic nitrogens is 1. The zero-order valence-electron chi connectivity index (χ0n) is 18.0. The van der Waals surface area contributed by atoms with E-state index in [-0.39, 0.29) is 10.7 Å². The highest BCUT2D eigenvalue weighted by atomic mass is 35.5. The van der Waals surface area contributed by atoms with Gasteiger partial charge in [-0.2, -0.15) is 4.72 Å². The Morgan fingerprint density at radius 1 is 1.23 bits per heavy atom. The summed E-state index contributed by atoms with van der Waals surface area (Å²) in [6, 6.07) is 6.16. The number of hydrogen-bond acceptors (Lipinski definition) is 5. The topological polar surface area (TPSA) is 94.5 Å². The van der Waals surface area contributed by atoms with Crippen LogP contribution in [0.25, 0.3) is 0 Å². The van der Waals surface area contributed by atoms with Crippen LogP contribution in [-0.4, -0.2) is 37.4 Å². The van der Waals surface area contributed by atoms with Gasteiger partial charge in [0.1, 0.15) is 6.04 Å². The summed E-state index contributed by atoms with van der Waals surface area (Å²) in [6.07, 6.45) is 1.73. The van der Waals surface area contributed by atoms with Gasteiger partial charge in [0.25, 0.3) is 0 Å². The number of nitrogens with one attached hydrogen (secondary N) is 1. The van der Waals surface area contributed by atoms with E-state index in [9.17, 15) is 18.0 Å².